The average Bonchev–Trinajstić information content (AvgIpc) is 3.37. The molecule has 0 spiro atoms. The lowest BCUT2D eigenvalue weighted by atomic mass is 9.96. The van der Waals surface area contributed by atoms with E-state index in [0.717, 1.165) is 4.90 Å². The van der Waals surface area contributed by atoms with Crippen LogP contribution in [-0.4, -0.2) is 160 Å². The largest absolute Gasteiger partial charge is 0.394 e. The van der Waals surface area contributed by atoms with Crippen LogP contribution in [0.15, 0.2) is 0 Å². The maximum atomic E-state index is 12.8. The van der Waals surface area contributed by atoms with Gasteiger partial charge in [-0.2, -0.15) is 0 Å². The monoisotopic (exact) mass is 532 g/mol. The lowest BCUT2D eigenvalue weighted by Gasteiger charge is -2.48. The summed E-state index contributed by atoms with van der Waals surface area (Å²) < 4.78 is 27.0. The standard InChI is InChI=1S/C19H33ClN2O13/c20-1-2-21-19(30)22(3-8-6-31-7-32-8)17-14(28)13(27)16(10(5-24)33-17)35-18-15(29)12(26)11(25)9(4-23)34-18/h8-18,23-29H,1-7H2,(H,21,30)/t8?,9-,10-,11-,12+,13-,14-,15-,16-,17?,18-/m1/s1. The molecule has 3 rings (SSSR count). The molecular formula is C19H33ClN2O13. The molecule has 0 aromatic carbocycles. The summed E-state index contributed by atoms with van der Waals surface area (Å²) in [5.41, 5.74) is 0. The highest BCUT2D eigenvalue weighted by Crippen LogP contribution is 2.30. The predicted octanol–water partition coefficient (Wildman–Crippen LogP) is -4.77. The number of hydrogen-bond acceptors (Lipinski definition) is 13. The molecule has 204 valence electrons. The fourth-order valence-electron chi connectivity index (χ4n) is 4.08. The van der Waals surface area contributed by atoms with Gasteiger partial charge >= 0.3 is 6.03 Å². The van der Waals surface area contributed by atoms with E-state index in [4.69, 9.17) is 35.3 Å². The normalized spacial score (nSPS) is 42.1. The first-order valence-corrected chi connectivity index (χ1v) is 11.6. The Bertz CT molecular complexity index is 671. The Morgan fingerprint density at radius 2 is 1.69 bits per heavy atom. The zero-order valence-electron chi connectivity index (χ0n) is 18.7. The molecule has 2 unspecified atom stereocenters. The molecule has 16 heteroatoms. The first-order valence-electron chi connectivity index (χ1n) is 11.1. The summed E-state index contributed by atoms with van der Waals surface area (Å²) in [7, 11) is 0. The van der Waals surface area contributed by atoms with Gasteiger partial charge in [0.2, 0.25) is 0 Å². The molecule has 3 aliphatic heterocycles. The van der Waals surface area contributed by atoms with E-state index >= 15 is 0 Å². The molecule has 3 fully saturated rings. The maximum Gasteiger partial charge on any atom is 0.319 e. The molecule has 3 aliphatic rings. The van der Waals surface area contributed by atoms with Gasteiger partial charge in [0, 0.05) is 12.4 Å². The van der Waals surface area contributed by atoms with Crippen LogP contribution < -0.4 is 5.32 Å². The number of carbonyl (C=O) groups excluding carboxylic acids is 1. The number of halogens is 1. The minimum Gasteiger partial charge on any atom is -0.394 e. The molecular weight excluding hydrogens is 500 g/mol. The van der Waals surface area contributed by atoms with E-state index in [1.165, 1.54) is 0 Å². The third kappa shape index (κ3) is 6.51. The molecule has 15 nitrogen and oxygen atoms in total. The average molecular weight is 533 g/mol. The number of nitrogens with one attached hydrogen (secondary N) is 1. The van der Waals surface area contributed by atoms with Crippen LogP contribution >= 0.6 is 11.6 Å². The van der Waals surface area contributed by atoms with Crippen molar-refractivity contribution in [3.05, 3.63) is 0 Å². The zero-order chi connectivity index (χ0) is 25.7. The van der Waals surface area contributed by atoms with Crippen LogP contribution in [-0.2, 0) is 23.7 Å². The molecule has 3 saturated heterocycles. The van der Waals surface area contributed by atoms with Crippen LogP contribution in [0, 0.1) is 0 Å². The molecule has 8 N–H and O–H groups in total. The molecule has 35 heavy (non-hydrogen) atoms. The van der Waals surface area contributed by atoms with E-state index in [0.29, 0.717) is 0 Å². The molecule has 11 atom stereocenters. The third-order valence-electron chi connectivity index (χ3n) is 6.01. The van der Waals surface area contributed by atoms with Gasteiger partial charge in [0.25, 0.3) is 0 Å². The Hall–Kier alpha value is -0.920. The Morgan fingerprint density at radius 3 is 2.29 bits per heavy atom. The molecule has 0 bridgehead atoms. The first-order chi connectivity index (χ1) is 16.7. The zero-order valence-corrected chi connectivity index (χ0v) is 19.5. The van der Waals surface area contributed by atoms with Gasteiger partial charge in [0.1, 0.15) is 61.7 Å². The Balaban J connectivity index is 1.76. The van der Waals surface area contributed by atoms with Crippen LogP contribution in [0.3, 0.4) is 0 Å². The number of ether oxygens (including phenoxy) is 5. The van der Waals surface area contributed by atoms with Gasteiger partial charge in [-0.05, 0) is 0 Å². The number of alkyl halides is 1. The molecule has 2 amide bonds. The summed E-state index contributed by atoms with van der Waals surface area (Å²) in [4.78, 5) is 13.9. The van der Waals surface area contributed by atoms with Gasteiger partial charge in [-0.25, -0.2) is 4.79 Å². The predicted molar refractivity (Wildman–Crippen MR) is 113 cm³/mol. The topological polar surface area (TPSA) is 220 Å². The van der Waals surface area contributed by atoms with E-state index in [2.05, 4.69) is 5.32 Å². The van der Waals surface area contributed by atoms with Gasteiger partial charge < -0.3 is 64.7 Å². The second kappa shape index (κ2) is 13.0. The molecule has 0 radical (unpaired) electrons. The van der Waals surface area contributed by atoms with E-state index < -0.39 is 86.7 Å². The van der Waals surface area contributed by atoms with Crippen molar-refractivity contribution >= 4 is 17.6 Å². The van der Waals surface area contributed by atoms with Crippen molar-refractivity contribution in [2.45, 2.75) is 67.5 Å². The van der Waals surface area contributed by atoms with E-state index in [1.807, 2.05) is 0 Å². The van der Waals surface area contributed by atoms with Crippen molar-refractivity contribution in [2.75, 3.05) is 45.6 Å². The van der Waals surface area contributed by atoms with E-state index in [-0.39, 0.29) is 32.4 Å². The van der Waals surface area contributed by atoms with Crippen LogP contribution in [0.25, 0.3) is 0 Å². The van der Waals surface area contributed by atoms with Crippen LogP contribution in [0.4, 0.5) is 4.79 Å². The molecule has 3 heterocycles. The van der Waals surface area contributed by atoms with E-state index in [1.54, 1.807) is 0 Å². The van der Waals surface area contributed by atoms with Crippen molar-refractivity contribution in [2.24, 2.45) is 0 Å². The summed E-state index contributed by atoms with van der Waals surface area (Å²) in [6.07, 6.45) is -16.4. The van der Waals surface area contributed by atoms with Gasteiger partial charge in [0.05, 0.1) is 26.4 Å². The minimum absolute atomic E-state index is 0.0206. The summed E-state index contributed by atoms with van der Waals surface area (Å²) in [6.45, 7) is -1.22. The highest BCUT2D eigenvalue weighted by atomic mass is 35.5. The van der Waals surface area contributed by atoms with Gasteiger partial charge in [-0.15, -0.1) is 11.6 Å². The first kappa shape index (κ1) is 28.6. The fourth-order valence-corrected chi connectivity index (χ4v) is 4.18. The lowest BCUT2D eigenvalue weighted by Crippen LogP contribution is -2.68. The summed E-state index contributed by atoms with van der Waals surface area (Å²) in [6, 6.07) is -0.678. The number of aliphatic hydroxyl groups is 7. The Morgan fingerprint density at radius 1 is 0.971 bits per heavy atom. The van der Waals surface area contributed by atoms with Crippen molar-refractivity contribution in [3.63, 3.8) is 0 Å². The number of carbonyl (C=O) groups is 1. The van der Waals surface area contributed by atoms with Crippen molar-refractivity contribution in [1.82, 2.24) is 10.2 Å². The van der Waals surface area contributed by atoms with Crippen LogP contribution in [0.1, 0.15) is 0 Å². The molecule has 0 aromatic rings. The summed E-state index contributed by atoms with van der Waals surface area (Å²) in [5, 5.41) is 73.6. The number of hydrogen-bond donors (Lipinski definition) is 8. The molecule has 0 saturated carbocycles. The molecule has 0 aromatic heterocycles. The number of urea groups is 1. The SMILES string of the molecule is O=C(NCCCl)N(CC1COCO1)C1O[C@H](CO)[C@@H](O[C@H]2O[C@H](CO)[C@@H](O)[C@H](O)[C@H]2O)[C@H](O)[C@H]1O. The summed E-state index contributed by atoms with van der Waals surface area (Å²) >= 11 is 5.64. The third-order valence-corrected chi connectivity index (χ3v) is 6.20. The fraction of sp³-hybridized carbons (Fsp3) is 0.947. The number of rotatable bonds is 9. The number of amides is 2. The smallest absolute Gasteiger partial charge is 0.319 e. The highest BCUT2D eigenvalue weighted by molar-refractivity contribution is 6.18. The maximum absolute atomic E-state index is 12.8. The molecule has 0 aliphatic carbocycles. The lowest BCUT2D eigenvalue weighted by molar-refractivity contribution is -0.347. The van der Waals surface area contributed by atoms with Gasteiger partial charge in [0.15, 0.2) is 12.5 Å². The van der Waals surface area contributed by atoms with E-state index in [9.17, 15) is 40.5 Å². The Kier molecular flexibility index (Phi) is 10.7. The second-order valence-corrected chi connectivity index (χ2v) is 8.76. The van der Waals surface area contributed by atoms with Crippen LogP contribution in [0.5, 0.6) is 0 Å². The Labute approximate surface area is 205 Å². The highest BCUT2D eigenvalue weighted by Gasteiger charge is 2.52. The van der Waals surface area contributed by atoms with Crippen molar-refractivity contribution in [1.29, 1.82) is 0 Å². The van der Waals surface area contributed by atoms with Crippen LogP contribution in [0.2, 0.25) is 0 Å². The van der Waals surface area contributed by atoms with Gasteiger partial charge in [-0.3, -0.25) is 4.90 Å². The summed E-state index contributed by atoms with van der Waals surface area (Å²) in [5.74, 6) is 0.119. The quantitative estimate of drug-likeness (QED) is 0.131. The minimum atomic E-state index is -1.79. The second-order valence-electron chi connectivity index (χ2n) is 8.38. The van der Waals surface area contributed by atoms with Crippen molar-refractivity contribution in [3.8, 4) is 0 Å². The van der Waals surface area contributed by atoms with Crippen molar-refractivity contribution < 1.29 is 64.2 Å². The number of aliphatic hydroxyl groups excluding tert-OH is 7. The number of nitrogens with zero attached hydrogens (tertiary/aromatic N) is 1. The van der Waals surface area contributed by atoms with Gasteiger partial charge in [-0.1, -0.05) is 0 Å².